The molecule has 1 spiro atoms. The Kier molecular flexibility index (Phi) is 7.13. The van der Waals surface area contributed by atoms with Gasteiger partial charge in [0.2, 0.25) is 5.91 Å². The second-order valence-electron chi connectivity index (χ2n) is 8.87. The third-order valence-corrected chi connectivity index (χ3v) is 6.66. The van der Waals surface area contributed by atoms with Crippen molar-refractivity contribution in [1.29, 1.82) is 0 Å². The summed E-state index contributed by atoms with van der Waals surface area (Å²) in [5.41, 5.74) is 0.395. The monoisotopic (exact) mass is 414 g/mol. The number of rotatable bonds is 8. The van der Waals surface area contributed by atoms with Crippen LogP contribution in [0.25, 0.3) is 0 Å². The van der Waals surface area contributed by atoms with Crippen molar-refractivity contribution in [3.8, 4) is 0 Å². The largest absolute Gasteiger partial charge is 0.353 e. The Labute approximate surface area is 179 Å². The number of nitrogens with one attached hydrogen (secondary N) is 2. The third-order valence-electron chi connectivity index (χ3n) is 6.66. The molecule has 7 heteroatoms. The molecule has 3 rings (SSSR count). The van der Waals surface area contributed by atoms with E-state index >= 15 is 0 Å². The Hall–Kier alpha value is -2.41. The molecule has 1 aliphatic carbocycles. The van der Waals surface area contributed by atoms with Gasteiger partial charge in [-0.05, 0) is 57.7 Å². The first-order valence-electron chi connectivity index (χ1n) is 11.0. The summed E-state index contributed by atoms with van der Waals surface area (Å²) < 4.78 is 0. The molecular weight excluding hydrogens is 380 g/mol. The van der Waals surface area contributed by atoms with E-state index in [0.717, 1.165) is 30.6 Å². The van der Waals surface area contributed by atoms with Crippen LogP contribution in [0.3, 0.4) is 0 Å². The minimum absolute atomic E-state index is 0.120. The molecule has 1 atom stereocenters. The lowest BCUT2D eigenvalue weighted by Gasteiger charge is -2.34. The number of benzene rings is 1. The van der Waals surface area contributed by atoms with Crippen molar-refractivity contribution in [2.75, 3.05) is 27.2 Å². The molecule has 0 aromatic heterocycles. The lowest BCUT2D eigenvalue weighted by molar-refractivity contribution is -0.136. The van der Waals surface area contributed by atoms with Crippen LogP contribution >= 0.6 is 0 Å². The molecule has 1 saturated heterocycles. The summed E-state index contributed by atoms with van der Waals surface area (Å²) in [6, 6.07) is 9.80. The van der Waals surface area contributed by atoms with Gasteiger partial charge in [-0.2, -0.15) is 0 Å². The van der Waals surface area contributed by atoms with Crippen LogP contribution in [0, 0.1) is 5.92 Å². The topological polar surface area (TPSA) is 81.8 Å². The van der Waals surface area contributed by atoms with Gasteiger partial charge in [-0.3, -0.25) is 14.5 Å². The van der Waals surface area contributed by atoms with Crippen LogP contribution in [-0.2, 0) is 16.0 Å². The number of hydrogen-bond acceptors (Lipinski definition) is 4. The van der Waals surface area contributed by atoms with Crippen LogP contribution in [0.4, 0.5) is 4.79 Å². The van der Waals surface area contributed by atoms with Gasteiger partial charge in [0.05, 0.1) is 0 Å². The molecular formula is C23H34N4O3. The lowest BCUT2D eigenvalue weighted by atomic mass is 9.75. The Morgan fingerprint density at radius 2 is 1.90 bits per heavy atom. The van der Waals surface area contributed by atoms with Crippen LogP contribution in [0.5, 0.6) is 0 Å². The number of nitrogens with zero attached hydrogens (tertiary/aromatic N) is 2. The van der Waals surface area contributed by atoms with E-state index in [1.54, 1.807) is 0 Å². The maximum Gasteiger partial charge on any atom is 0.325 e. The zero-order valence-electron chi connectivity index (χ0n) is 18.3. The highest BCUT2D eigenvalue weighted by atomic mass is 16.2. The standard InChI is InChI=1S/C23H34N4O3/c1-4-17-10-12-23(13-11-17)21(29)27(22(30)25-23)16-20(28)24-15-19(26(2)3)14-18-8-6-5-7-9-18/h5-9,17,19H,4,10-16H2,1-3H3,(H,24,28)(H,25,30). The van der Waals surface area contributed by atoms with Crippen molar-refractivity contribution in [2.45, 2.75) is 57.0 Å². The fourth-order valence-corrected chi connectivity index (χ4v) is 4.49. The van der Waals surface area contributed by atoms with E-state index in [0.29, 0.717) is 25.3 Å². The molecule has 0 radical (unpaired) electrons. The van der Waals surface area contributed by atoms with Gasteiger partial charge in [0, 0.05) is 12.6 Å². The minimum Gasteiger partial charge on any atom is -0.353 e. The first-order valence-corrected chi connectivity index (χ1v) is 11.0. The number of hydrogen-bond donors (Lipinski definition) is 2. The van der Waals surface area contributed by atoms with E-state index in [9.17, 15) is 14.4 Å². The van der Waals surface area contributed by atoms with Gasteiger partial charge in [0.1, 0.15) is 12.1 Å². The SMILES string of the molecule is CCC1CCC2(CC1)NC(=O)N(CC(=O)NCC(Cc1ccccc1)N(C)C)C2=O. The maximum absolute atomic E-state index is 13.0. The molecule has 1 aliphatic heterocycles. The highest BCUT2D eigenvalue weighted by molar-refractivity contribution is 6.09. The maximum atomic E-state index is 13.0. The van der Waals surface area contributed by atoms with E-state index in [-0.39, 0.29) is 24.4 Å². The van der Waals surface area contributed by atoms with E-state index in [1.165, 1.54) is 5.56 Å². The summed E-state index contributed by atoms with van der Waals surface area (Å²) in [6.45, 7) is 2.38. The van der Waals surface area contributed by atoms with Gasteiger partial charge in [-0.25, -0.2) is 4.79 Å². The molecule has 1 aromatic rings. The molecule has 2 aliphatic rings. The Balaban J connectivity index is 1.54. The van der Waals surface area contributed by atoms with Crippen LogP contribution in [0.2, 0.25) is 0 Å². The molecule has 2 N–H and O–H groups in total. The number of carbonyl (C=O) groups excluding carboxylic acids is 3. The summed E-state index contributed by atoms with van der Waals surface area (Å²) in [6.07, 6.45) is 5.10. The summed E-state index contributed by atoms with van der Waals surface area (Å²) in [5.74, 6) is 0.0635. The summed E-state index contributed by atoms with van der Waals surface area (Å²) in [7, 11) is 3.96. The lowest BCUT2D eigenvalue weighted by Crippen LogP contribution is -2.50. The Bertz CT molecular complexity index is 757. The molecule has 1 aromatic carbocycles. The summed E-state index contributed by atoms with van der Waals surface area (Å²) in [5, 5.41) is 5.79. The van der Waals surface area contributed by atoms with Crippen LogP contribution in [-0.4, -0.2) is 66.4 Å². The van der Waals surface area contributed by atoms with E-state index in [4.69, 9.17) is 0 Å². The quantitative estimate of drug-likeness (QED) is 0.639. The van der Waals surface area contributed by atoms with Crippen molar-refractivity contribution >= 4 is 17.8 Å². The number of urea groups is 1. The van der Waals surface area contributed by atoms with Gasteiger partial charge >= 0.3 is 6.03 Å². The van der Waals surface area contributed by atoms with E-state index in [1.807, 2.05) is 32.3 Å². The molecule has 30 heavy (non-hydrogen) atoms. The molecule has 2 fully saturated rings. The van der Waals surface area contributed by atoms with Gasteiger partial charge in [-0.1, -0.05) is 43.7 Å². The molecule has 4 amide bonds. The molecule has 7 nitrogen and oxygen atoms in total. The number of amides is 4. The van der Waals surface area contributed by atoms with E-state index < -0.39 is 11.6 Å². The average Bonchev–Trinajstić information content (AvgIpc) is 2.96. The van der Waals surface area contributed by atoms with Gasteiger partial charge < -0.3 is 15.5 Å². The zero-order chi connectivity index (χ0) is 21.7. The molecule has 0 bridgehead atoms. The smallest absolute Gasteiger partial charge is 0.325 e. The Morgan fingerprint density at radius 3 is 2.50 bits per heavy atom. The number of carbonyl (C=O) groups is 3. The van der Waals surface area contributed by atoms with Crippen molar-refractivity contribution < 1.29 is 14.4 Å². The minimum atomic E-state index is -0.803. The molecule has 1 heterocycles. The molecule has 1 unspecified atom stereocenters. The van der Waals surface area contributed by atoms with Gasteiger partial charge in [-0.15, -0.1) is 0 Å². The van der Waals surface area contributed by atoms with E-state index in [2.05, 4.69) is 34.6 Å². The average molecular weight is 415 g/mol. The van der Waals surface area contributed by atoms with Gasteiger partial charge in [0.25, 0.3) is 5.91 Å². The third kappa shape index (κ3) is 5.01. The normalized spacial score (nSPS) is 24.9. The zero-order valence-corrected chi connectivity index (χ0v) is 18.3. The van der Waals surface area contributed by atoms with Crippen molar-refractivity contribution in [1.82, 2.24) is 20.4 Å². The van der Waals surface area contributed by atoms with Crippen molar-refractivity contribution in [3.63, 3.8) is 0 Å². The first-order chi connectivity index (χ1) is 14.3. The second kappa shape index (κ2) is 9.60. The predicted octanol–water partition coefficient (Wildman–Crippen LogP) is 2.17. The van der Waals surface area contributed by atoms with Gasteiger partial charge in [0.15, 0.2) is 0 Å². The van der Waals surface area contributed by atoms with Crippen LogP contribution in [0.15, 0.2) is 30.3 Å². The van der Waals surface area contributed by atoms with Crippen molar-refractivity contribution in [2.24, 2.45) is 5.92 Å². The second-order valence-corrected chi connectivity index (χ2v) is 8.87. The highest BCUT2D eigenvalue weighted by Crippen LogP contribution is 2.37. The predicted molar refractivity (Wildman–Crippen MR) is 116 cm³/mol. The first kappa shape index (κ1) is 22.3. The van der Waals surface area contributed by atoms with Crippen LogP contribution in [0.1, 0.15) is 44.6 Å². The summed E-state index contributed by atoms with van der Waals surface area (Å²) >= 11 is 0. The number of likely N-dealkylation sites (N-methyl/N-ethyl adjacent to an activating group) is 1. The Morgan fingerprint density at radius 1 is 1.23 bits per heavy atom. The molecule has 164 valence electrons. The number of imide groups is 1. The van der Waals surface area contributed by atoms with Crippen molar-refractivity contribution in [3.05, 3.63) is 35.9 Å². The fraction of sp³-hybridized carbons (Fsp3) is 0.609. The highest BCUT2D eigenvalue weighted by Gasteiger charge is 2.52. The fourth-order valence-electron chi connectivity index (χ4n) is 4.49. The molecule has 1 saturated carbocycles. The summed E-state index contributed by atoms with van der Waals surface area (Å²) in [4.78, 5) is 41.1. The van der Waals surface area contributed by atoms with Crippen LogP contribution < -0.4 is 10.6 Å².